The van der Waals surface area contributed by atoms with Gasteiger partial charge in [-0.15, -0.1) is 0 Å². The number of aromatic nitrogens is 3. The van der Waals surface area contributed by atoms with Crippen molar-refractivity contribution in [3.63, 3.8) is 0 Å². The van der Waals surface area contributed by atoms with E-state index in [1.807, 2.05) is 12.1 Å². The smallest absolute Gasteiger partial charge is 0.215 e. The van der Waals surface area contributed by atoms with E-state index in [2.05, 4.69) is 21.9 Å². The number of methoxy groups -OCH3 is 1. The monoisotopic (exact) mass is 275 g/mol. The molecule has 0 amide bonds. The van der Waals surface area contributed by atoms with Gasteiger partial charge in [-0.3, -0.25) is 0 Å². The molecule has 2 heterocycles. The Morgan fingerprint density at radius 3 is 2.50 bits per heavy atom. The number of H-pyrrole nitrogens is 1. The molecule has 0 aliphatic rings. The van der Waals surface area contributed by atoms with Crippen molar-refractivity contribution in [1.29, 1.82) is 0 Å². The zero-order valence-electron chi connectivity index (χ0n) is 12.6. The number of hydrogen-bond acceptors (Lipinski definition) is 3. The molecule has 0 fully saturated rings. The Morgan fingerprint density at radius 2 is 1.75 bits per heavy atom. The molecule has 0 aromatic carbocycles. The number of rotatable bonds is 9. The van der Waals surface area contributed by atoms with Crippen LogP contribution >= 0.6 is 0 Å². The number of hydrogen-bond donors (Lipinski definition) is 1. The van der Waals surface area contributed by atoms with Crippen LogP contribution in [0.2, 0.25) is 0 Å². The van der Waals surface area contributed by atoms with Gasteiger partial charge < -0.3 is 9.72 Å². The summed E-state index contributed by atoms with van der Waals surface area (Å²) in [5, 5.41) is 0. The van der Waals surface area contributed by atoms with E-state index in [4.69, 9.17) is 4.74 Å². The summed E-state index contributed by atoms with van der Waals surface area (Å²) in [7, 11) is 1.63. The molecule has 0 saturated heterocycles. The molecule has 4 heteroatoms. The highest BCUT2D eigenvalue weighted by Crippen LogP contribution is 2.15. The predicted molar refractivity (Wildman–Crippen MR) is 82.1 cm³/mol. The third-order valence-corrected chi connectivity index (χ3v) is 3.60. The molecule has 0 spiro atoms. The Kier molecular flexibility index (Phi) is 5.84. The second-order valence-corrected chi connectivity index (χ2v) is 5.28. The Bertz CT molecular complexity index is 521. The maximum absolute atomic E-state index is 5.11. The maximum atomic E-state index is 5.11. The van der Waals surface area contributed by atoms with E-state index in [0.717, 1.165) is 23.4 Å². The largest absolute Gasteiger partial charge is 0.481 e. The first-order valence-electron chi connectivity index (χ1n) is 7.73. The average molecular weight is 275 g/mol. The standard InChI is InChI=1S/C16H25N3O/c1-3-4-5-6-7-8-9-10-14-17-13-11-12-15(20-2)19-16(13)18-14/h11-12H,3-10H2,1-2H3,(H,17,18,19). The van der Waals surface area contributed by atoms with Gasteiger partial charge in [-0.2, -0.15) is 4.98 Å². The van der Waals surface area contributed by atoms with Gasteiger partial charge in [0.1, 0.15) is 5.82 Å². The quantitative estimate of drug-likeness (QED) is 0.696. The highest BCUT2D eigenvalue weighted by molar-refractivity contribution is 5.71. The number of imidazole rings is 1. The molecular formula is C16H25N3O. The lowest BCUT2D eigenvalue weighted by Crippen LogP contribution is -1.89. The van der Waals surface area contributed by atoms with Crippen molar-refractivity contribution in [3.05, 3.63) is 18.0 Å². The third-order valence-electron chi connectivity index (χ3n) is 3.60. The van der Waals surface area contributed by atoms with Gasteiger partial charge in [0.25, 0.3) is 0 Å². The molecule has 2 aromatic heterocycles. The maximum Gasteiger partial charge on any atom is 0.215 e. The topological polar surface area (TPSA) is 50.8 Å². The lowest BCUT2D eigenvalue weighted by molar-refractivity contribution is 0.399. The zero-order chi connectivity index (χ0) is 14.2. The molecule has 0 atom stereocenters. The summed E-state index contributed by atoms with van der Waals surface area (Å²) < 4.78 is 5.11. The van der Waals surface area contributed by atoms with E-state index in [1.54, 1.807) is 7.11 Å². The van der Waals surface area contributed by atoms with Crippen molar-refractivity contribution in [3.8, 4) is 5.88 Å². The summed E-state index contributed by atoms with van der Waals surface area (Å²) in [6.45, 7) is 2.25. The second-order valence-electron chi connectivity index (χ2n) is 5.28. The van der Waals surface area contributed by atoms with Crippen molar-refractivity contribution >= 4 is 11.2 Å². The lowest BCUT2D eigenvalue weighted by Gasteiger charge is -1.99. The molecule has 2 rings (SSSR count). The summed E-state index contributed by atoms with van der Waals surface area (Å²) in [5.41, 5.74) is 1.74. The number of aromatic amines is 1. The lowest BCUT2D eigenvalue weighted by atomic mass is 10.1. The fraction of sp³-hybridized carbons (Fsp3) is 0.625. The Morgan fingerprint density at radius 1 is 1.00 bits per heavy atom. The number of nitrogens with zero attached hydrogens (tertiary/aromatic N) is 2. The van der Waals surface area contributed by atoms with Crippen molar-refractivity contribution in [2.75, 3.05) is 7.11 Å². The van der Waals surface area contributed by atoms with Crippen LogP contribution in [0.25, 0.3) is 11.2 Å². The first-order chi connectivity index (χ1) is 9.83. The first-order valence-corrected chi connectivity index (χ1v) is 7.73. The van der Waals surface area contributed by atoms with Gasteiger partial charge in [0.05, 0.1) is 12.6 Å². The zero-order valence-corrected chi connectivity index (χ0v) is 12.6. The van der Waals surface area contributed by atoms with E-state index in [9.17, 15) is 0 Å². The highest BCUT2D eigenvalue weighted by atomic mass is 16.5. The van der Waals surface area contributed by atoms with E-state index in [1.165, 1.54) is 44.9 Å². The molecule has 0 aliphatic heterocycles. The molecule has 0 aliphatic carbocycles. The minimum Gasteiger partial charge on any atom is -0.481 e. The summed E-state index contributed by atoms with van der Waals surface area (Å²) in [4.78, 5) is 12.2. The molecule has 0 unspecified atom stereocenters. The van der Waals surface area contributed by atoms with Crippen molar-refractivity contribution in [1.82, 2.24) is 15.0 Å². The Balaban J connectivity index is 1.76. The molecule has 1 N–H and O–H groups in total. The fourth-order valence-corrected chi connectivity index (χ4v) is 2.41. The van der Waals surface area contributed by atoms with E-state index in [0.29, 0.717) is 5.88 Å². The highest BCUT2D eigenvalue weighted by Gasteiger charge is 2.05. The molecule has 0 saturated carbocycles. The molecule has 2 aromatic rings. The predicted octanol–water partition coefficient (Wildman–Crippen LogP) is 4.26. The van der Waals surface area contributed by atoms with Crippen LogP contribution in [0.15, 0.2) is 12.1 Å². The van der Waals surface area contributed by atoms with Crippen molar-refractivity contribution in [2.24, 2.45) is 0 Å². The summed E-state index contributed by atoms with van der Waals surface area (Å²) in [5.74, 6) is 1.65. The van der Waals surface area contributed by atoms with Gasteiger partial charge in [0, 0.05) is 12.5 Å². The number of pyridine rings is 1. The summed E-state index contributed by atoms with van der Waals surface area (Å²) in [6, 6.07) is 3.83. The summed E-state index contributed by atoms with van der Waals surface area (Å²) >= 11 is 0. The number of nitrogens with one attached hydrogen (secondary N) is 1. The van der Waals surface area contributed by atoms with Gasteiger partial charge in [0.15, 0.2) is 5.65 Å². The second kappa shape index (κ2) is 7.88. The van der Waals surface area contributed by atoms with E-state index in [-0.39, 0.29) is 0 Å². The minimum absolute atomic E-state index is 0.617. The van der Waals surface area contributed by atoms with Gasteiger partial charge >= 0.3 is 0 Å². The van der Waals surface area contributed by atoms with Crippen molar-refractivity contribution in [2.45, 2.75) is 58.3 Å². The number of aryl methyl sites for hydroxylation is 1. The normalized spacial score (nSPS) is 11.1. The molecule has 110 valence electrons. The number of ether oxygens (including phenoxy) is 1. The van der Waals surface area contributed by atoms with E-state index >= 15 is 0 Å². The van der Waals surface area contributed by atoms with Crippen LogP contribution in [-0.2, 0) is 6.42 Å². The average Bonchev–Trinajstić information content (AvgIpc) is 2.87. The number of fused-ring (bicyclic) bond motifs is 1. The van der Waals surface area contributed by atoms with Crippen LogP contribution < -0.4 is 4.74 Å². The van der Waals surface area contributed by atoms with Crippen LogP contribution in [0.4, 0.5) is 0 Å². The summed E-state index contributed by atoms with van der Waals surface area (Å²) in [6.07, 6.45) is 10.3. The third kappa shape index (κ3) is 4.22. The van der Waals surface area contributed by atoms with Crippen LogP contribution in [0.3, 0.4) is 0 Å². The SMILES string of the molecule is CCCCCCCCCc1nc2nc(OC)ccc2[nH]1. The van der Waals surface area contributed by atoms with Gasteiger partial charge in [-0.25, -0.2) is 4.98 Å². The van der Waals surface area contributed by atoms with Gasteiger partial charge in [-0.1, -0.05) is 45.4 Å². The first kappa shape index (κ1) is 14.8. The molecule has 0 radical (unpaired) electrons. The van der Waals surface area contributed by atoms with Crippen LogP contribution in [0.1, 0.15) is 57.7 Å². The van der Waals surface area contributed by atoms with Crippen LogP contribution in [-0.4, -0.2) is 22.1 Å². The van der Waals surface area contributed by atoms with Gasteiger partial charge in [0.2, 0.25) is 5.88 Å². The molecule has 20 heavy (non-hydrogen) atoms. The van der Waals surface area contributed by atoms with Gasteiger partial charge in [-0.05, 0) is 12.5 Å². The minimum atomic E-state index is 0.617. The van der Waals surface area contributed by atoms with Crippen LogP contribution in [0, 0.1) is 0 Å². The van der Waals surface area contributed by atoms with E-state index < -0.39 is 0 Å². The van der Waals surface area contributed by atoms with Crippen molar-refractivity contribution < 1.29 is 4.74 Å². The molecule has 0 bridgehead atoms. The molecular weight excluding hydrogens is 250 g/mol. The Hall–Kier alpha value is -1.58. The number of unbranched alkanes of at least 4 members (excludes halogenated alkanes) is 6. The Labute approximate surface area is 121 Å². The fourth-order valence-electron chi connectivity index (χ4n) is 2.41. The van der Waals surface area contributed by atoms with Crippen LogP contribution in [0.5, 0.6) is 5.88 Å². The molecule has 4 nitrogen and oxygen atoms in total.